The van der Waals surface area contributed by atoms with Gasteiger partial charge < -0.3 is 15.8 Å². The molecule has 5 nitrogen and oxygen atoms in total. The molecule has 0 fully saturated rings. The molecule has 6 heteroatoms. The highest BCUT2D eigenvalue weighted by Gasteiger charge is 2.08. The monoisotopic (exact) mass is 270 g/mol. The van der Waals surface area contributed by atoms with Crippen LogP contribution in [0.5, 0.6) is 0 Å². The number of anilines is 1. The highest BCUT2D eigenvalue weighted by molar-refractivity contribution is 6.33. The Labute approximate surface area is 110 Å². The maximum Gasteiger partial charge on any atom is 0.307 e. The van der Waals surface area contributed by atoms with Crippen LogP contribution in [0, 0.1) is 0 Å². The van der Waals surface area contributed by atoms with E-state index in [1.165, 1.54) is 6.07 Å². The van der Waals surface area contributed by atoms with E-state index in [9.17, 15) is 9.59 Å². The van der Waals surface area contributed by atoms with Crippen LogP contribution < -0.4 is 11.1 Å². The van der Waals surface area contributed by atoms with Crippen LogP contribution in [0.25, 0.3) is 0 Å². The molecule has 0 aliphatic rings. The molecular formula is C12H15ClN2O3. The summed E-state index contributed by atoms with van der Waals surface area (Å²) >= 11 is 5.75. The third-order valence-corrected chi connectivity index (χ3v) is 2.52. The van der Waals surface area contributed by atoms with Gasteiger partial charge in [0.05, 0.1) is 23.7 Å². The van der Waals surface area contributed by atoms with Crippen molar-refractivity contribution in [3.8, 4) is 0 Å². The van der Waals surface area contributed by atoms with E-state index in [0.29, 0.717) is 22.9 Å². The zero-order valence-corrected chi connectivity index (χ0v) is 10.8. The van der Waals surface area contributed by atoms with Gasteiger partial charge in [-0.15, -0.1) is 0 Å². The number of benzene rings is 1. The van der Waals surface area contributed by atoms with E-state index in [-0.39, 0.29) is 24.8 Å². The quantitative estimate of drug-likeness (QED) is 0.629. The smallest absolute Gasteiger partial charge is 0.307 e. The molecule has 0 aliphatic carbocycles. The van der Waals surface area contributed by atoms with Crippen molar-refractivity contribution in [2.75, 3.05) is 18.9 Å². The Kier molecular flexibility index (Phi) is 5.45. The molecule has 1 aromatic carbocycles. The summed E-state index contributed by atoms with van der Waals surface area (Å²) in [5.74, 6) is -0.643. The van der Waals surface area contributed by atoms with Crippen molar-refractivity contribution in [1.82, 2.24) is 5.32 Å². The van der Waals surface area contributed by atoms with Crippen LogP contribution in [-0.2, 0) is 9.53 Å². The first kappa shape index (κ1) is 14.3. The molecule has 1 rings (SSSR count). The summed E-state index contributed by atoms with van der Waals surface area (Å²) in [7, 11) is 0. The Bertz CT molecular complexity index is 449. The van der Waals surface area contributed by atoms with E-state index in [1.807, 2.05) is 0 Å². The van der Waals surface area contributed by atoms with E-state index in [1.54, 1.807) is 19.1 Å². The number of rotatable bonds is 5. The molecule has 0 saturated heterocycles. The lowest BCUT2D eigenvalue weighted by molar-refractivity contribution is -0.142. The van der Waals surface area contributed by atoms with Crippen LogP contribution in [-0.4, -0.2) is 25.0 Å². The van der Waals surface area contributed by atoms with Gasteiger partial charge in [-0.1, -0.05) is 11.6 Å². The largest absolute Gasteiger partial charge is 0.466 e. The third kappa shape index (κ3) is 4.25. The summed E-state index contributed by atoms with van der Waals surface area (Å²) < 4.78 is 4.74. The Balaban J connectivity index is 2.45. The van der Waals surface area contributed by atoms with Gasteiger partial charge in [-0.05, 0) is 25.1 Å². The molecule has 98 valence electrons. The molecule has 0 saturated carbocycles. The Morgan fingerprint density at radius 3 is 2.78 bits per heavy atom. The minimum atomic E-state index is -0.339. The highest BCUT2D eigenvalue weighted by Crippen LogP contribution is 2.19. The van der Waals surface area contributed by atoms with E-state index in [4.69, 9.17) is 22.1 Å². The van der Waals surface area contributed by atoms with Gasteiger partial charge in [-0.2, -0.15) is 0 Å². The van der Waals surface area contributed by atoms with Crippen molar-refractivity contribution in [3.05, 3.63) is 28.8 Å². The van der Waals surface area contributed by atoms with Gasteiger partial charge in [-0.25, -0.2) is 0 Å². The number of amides is 1. The summed E-state index contributed by atoms with van der Waals surface area (Å²) in [5.41, 5.74) is 6.33. The molecule has 1 aromatic rings. The number of nitrogens with two attached hydrogens (primary N) is 1. The zero-order valence-electron chi connectivity index (χ0n) is 10.0. The lowest BCUT2D eigenvalue weighted by atomic mass is 10.2. The molecule has 0 spiro atoms. The van der Waals surface area contributed by atoms with Crippen LogP contribution in [0.2, 0.25) is 5.02 Å². The predicted molar refractivity (Wildman–Crippen MR) is 69.4 cm³/mol. The van der Waals surface area contributed by atoms with Gasteiger partial charge in [-0.3, -0.25) is 9.59 Å². The number of ether oxygens (including phenoxy) is 1. The normalized spacial score (nSPS) is 9.89. The number of esters is 1. The zero-order chi connectivity index (χ0) is 13.5. The standard InChI is InChI=1S/C12H15ClN2O3/c1-2-18-11(16)5-6-15-12(17)8-3-4-9(13)10(14)7-8/h3-4,7H,2,5-6,14H2,1H3,(H,15,17). The van der Waals surface area contributed by atoms with E-state index < -0.39 is 0 Å². The summed E-state index contributed by atoms with van der Waals surface area (Å²) in [4.78, 5) is 22.7. The predicted octanol–water partition coefficient (Wildman–Crippen LogP) is 1.61. The first-order chi connectivity index (χ1) is 8.54. The van der Waals surface area contributed by atoms with Crippen molar-refractivity contribution in [3.63, 3.8) is 0 Å². The fourth-order valence-corrected chi connectivity index (χ4v) is 1.42. The molecule has 0 radical (unpaired) electrons. The first-order valence-corrected chi connectivity index (χ1v) is 5.91. The summed E-state index contributed by atoms with van der Waals surface area (Å²) in [6.07, 6.45) is 0.142. The van der Waals surface area contributed by atoms with E-state index >= 15 is 0 Å². The van der Waals surface area contributed by atoms with Crippen LogP contribution in [0.3, 0.4) is 0 Å². The van der Waals surface area contributed by atoms with Crippen LogP contribution in [0.4, 0.5) is 5.69 Å². The minimum absolute atomic E-state index is 0.142. The number of hydrogen-bond acceptors (Lipinski definition) is 4. The molecule has 0 bridgehead atoms. The maximum atomic E-state index is 11.7. The topological polar surface area (TPSA) is 81.4 Å². The van der Waals surface area contributed by atoms with Gasteiger partial charge >= 0.3 is 5.97 Å². The molecule has 18 heavy (non-hydrogen) atoms. The number of nitrogens with one attached hydrogen (secondary N) is 1. The van der Waals surface area contributed by atoms with Gasteiger partial charge in [0.1, 0.15) is 0 Å². The fraction of sp³-hybridized carbons (Fsp3) is 0.333. The molecule has 0 heterocycles. The number of hydrogen-bond donors (Lipinski definition) is 2. The molecule has 0 aliphatic heterocycles. The fourth-order valence-electron chi connectivity index (χ4n) is 1.30. The molecule has 0 unspecified atom stereocenters. The van der Waals surface area contributed by atoms with Gasteiger partial charge in [0.25, 0.3) is 5.91 Å². The Morgan fingerprint density at radius 1 is 1.44 bits per heavy atom. The van der Waals surface area contributed by atoms with E-state index in [0.717, 1.165) is 0 Å². The average Bonchev–Trinajstić information content (AvgIpc) is 2.33. The number of carbonyl (C=O) groups excluding carboxylic acids is 2. The van der Waals surface area contributed by atoms with Crippen molar-refractivity contribution >= 4 is 29.2 Å². The summed E-state index contributed by atoms with van der Waals surface area (Å²) in [6, 6.07) is 4.61. The second kappa shape index (κ2) is 6.86. The maximum absolute atomic E-state index is 11.7. The van der Waals surface area contributed by atoms with Crippen LogP contribution in [0.15, 0.2) is 18.2 Å². The van der Waals surface area contributed by atoms with Crippen molar-refractivity contribution in [2.24, 2.45) is 0 Å². The van der Waals surface area contributed by atoms with Gasteiger partial charge in [0, 0.05) is 12.1 Å². The summed E-state index contributed by atoms with van der Waals surface area (Å²) in [6.45, 7) is 2.29. The van der Waals surface area contributed by atoms with E-state index in [2.05, 4.69) is 5.32 Å². The average molecular weight is 271 g/mol. The lowest BCUT2D eigenvalue weighted by Crippen LogP contribution is -2.26. The SMILES string of the molecule is CCOC(=O)CCNC(=O)c1ccc(Cl)c(N)c1. The lowest BCUT2D eigenvalue weighted by Gasteiger charge is -2.06. The van der Waals surface area contributed by atoms with Crippen molar-refractivity contribution < 1.29 is 14.3 Å². The number of carbonyl (C=O) groups is 2. The first-order valence-electron chi connectivity index (χ1n) is 5.53. The van der Waals surface area contributed by atoms with Crippen molar-refractivity contribution in [1.29, 1.82) is 0 Å². The Hall–Kier alpha value is -1.75. The molecule has 0 aromatic heterocycles. The summed E-state index contributed by atoms with van der Waals surface area (Å²) in [5, 5.41) is 3.00. The second-order valence-electron chi connectivity index (χ2n) is 3.55. The van der Waals surface area contributed by atoms with Gasteiger partial charge in [0.15, 0.2) is 0 Å². The Morgan fingerprint density at radius 2 is 2.17 bits per heavy atom. The minimum Gasteiger partial charge on any atom is -0.466 e. The number of halogens is 1. The second-order valence-corrected chi connectivity index (χ2v) is 3.95. The van der Waals surface area contributed by atoms with Gasteiger partial charge in [0.2, 0.25) is 0 Å². The number of nitrogen functional groups attached to an aromatic ring is 1. The molecule has 3 N–H and O–H groups in total. The van der Waals surface area contributed by atoms with Crippen LogP contribution in [0.1, 0.15) is 23.7 Å². The van der Waals surface area contributed by atoms with Crippen molar-refractivity contribution in [2.45, 2.75) is 13.3 Å². The molecule has 0 atom stereocenters. The third-order valence-electron chi connectivity index (χ3n) is 2.18. The highest BCUT2D eigenvalue weighted by atomic mass is 35.5. The molecule has 1 amide bonds. The van der Waals surface area contributed by atoms with Crippen LogP contribution >= 0.6 is 11.6 Å². The molecular weight excluding hydrogens is 256 g/mol.